The smallest absolute Gasteiger partial charge is 0.254 e. The van der Waals surface area contributed by atoms with E-state index in [9.17, 15) is 18.4 Å². The molecule has 0 fully saturated rings. The summed E-state index contributed by atoms with van der Waals surface area (Å²) in [5.41, 5.74) is 1.97. The second-order valence-corrected chi connectivity index (χ2v) is 6.88. The van der Waals surface area contributed by atoms with Crippen molar-refractivity contribution in [2.75, 3.05) is 6.54 Å². The molecule has 0 spiro atoms. The van der Waals surface area contributed by atoms with Crippen molar-refractivity contribution in [3.8, 4) is 11.4 Å². The van der Waals surface area contributed by atoms with Crippen LogP contribution in [-0.4, -0.2) is 32.3 Å². The Morgan fingerprint density at radius 2 is 1.97 bits per heavy atom. The van der Waals surface area contributed by atoms with Crippen LogP contribution in [0.4, 0.5) is 8.78 Å². The number of rotatable bonds is 4. The highest BCUT2D eigenvalue weighted by molar-refractivity contribution is 5.76. The molecule has 1 aromatic carbocycles. The average molecular weight is 396 g/mol. The summed E-state index contributed by atoms with van der Waals surface area (Å²) in [6, 6.07) is 6.83. The molecule has 4 rings (SSSR count). The highest BCUT2D eigenvalue weighted by Gasteiger charge is 2.24. The molecule has 0 saturated heterocycles. The molecule has 2 aromatic heterocycles. The largest absolute Gasteiger partial charge is 0.336 e. The number of aromatic nitrogens is 3. The molecule has 6 nitrogen and oxygen atoms in total. The van der Waals surface area contributed by atoms with Crippen molar-refractivity contribution < 1.29 is 13.6 Å². The third kappa shape index (κ3) is 4.06. The topological polar surface area (TPSA) is 79.0 Å². The molecule has 0 unspecified atom stereocenters. The minimum absolute atomic E-state index is 0.0955. The Morgan fingerprint density at radius 3 is 2.72 bits per heavy atom. The van der Waals surface area contributed by atoms with Crippen LogP contribution in [0.1, 0.15) is 23.2 Å². The van der Waals surface area contributed by atoms with Gasteiger partial charge in [0.1, 0.15) is 17.5 Å². The first-order valence-electron chi connectivity index (χ1n) is 9.25. The van der Waals surface area contributed by atoms with Crippen LogP contribution in [0.25, 0.3) is 11.4 Å². The maximum Gasteiger partial charge on any atom is 0.254 e. The molecule has 148 valence electrons. The SMILES string of the molecule is O=C(CCc1ccc(F)cc1F)N1CCc2c(nc(-c3ccncc3)[nH]c2=O)C1. The lowest BCUT2D eigenvalue weighted by atomic mass is 10.0. The van der Waals surface area contributed by atoms with E-state index in [1.807, 2.05) is 0 Å². The van der Waals surface area contributed by atoms with E-state index in [2.05, 4.69) is 15.0 Å². The fraction of sp³-hybridized carbons (Fsp3) is 0.238. The summed E-state index contributed by atoms with van der Waals surface area (Å²) >= 11 is 0. The van der Waals surface area contributed by atoms with Gasteiger partial charge in [-0.15, -0.1) is 0 Å². The lowest BCUT2D eigenvalue weighted by molar-refractivity contribution is -0.132. The minimum atomic E-state index is -0.656. The lowest BCUT2D eigenvalue weighted by Gasteiger charge is -2.28. The van der Waals surface area contributed by atoms with Crippen LogP contribution in [0.5, 0.6) is 0 Å². The number of pyridine rings is 1. The van der Waals surface area contributed by atoms with Gasteiger partial charge in [-0.3, -0.25) is 14.6 Å². The first-order valence-corrected chi connectivity index (χ1v) is 9.25. The highest BCUT2D eigenvalue weighted by Crippen LogP contribution is 2.19. The van der Waals surface area contributed by atoms with Crippen molar-refractivity contribution in [2.45, 2.75) is 25.8 Å². The summed E-state index contributed by atoms with van der Waals surface area (Å²) in [6.45, 7) is 0.624. The lowest BCUT2D eigenvalue weighted by Crippen LogP contribution is -2.39. The Bertz CT molecular complexity index is 1120. The standard InChI is InChI=1S/C21H18F2N4O2/c22-15-3-1-13(17(23)11-15)2-4-19(28)27-10-7-16-18(12-27)25-20(26-21(16)29)14-5-8-24-9-6-14/h1,3,5-6,8-9,11H,2,4,7,10,12H2,(H,25,26,29). The summed E-state index contributed by atoms with van der Waals surface area (Å²) in [5.74, 6) is -1.03. The number of carbonyl (C=O) groups is 1. The predicted molar refractivity (Wildman–Crippen MR) is 102 cm³/mol. The van der Waals surface area contributed by atoms with Gasteiger partial charge in [-0.2, -0.15) is 0 Å². The van der Waals surface area contributed by atoms with Crippen LogP contribution in [0.2, 0.25) is 0 Å². The van der Waals surface area contributed by atoms with Crippen LogP contribution < -0.4 is 5.56 Å². The molecule has 0 bridgehead atoms. The van der Waals surface area contributed by atoms with Crippen molar-refractivity contribution in [1.29, 1.82) is 0 Å². The molecule has 1 aliphatic heterocycles. The summed E-state index contributed by atoms with van der Waals surface area (Å²) < 4.78 is 26.8. The third-order valence-corrected chi connectivity index (χ3v) is 5.00. The van der Waals surface area contributed by atoms with Crippen molar-refractivity contribution in [3.63, 3.8) is 0 Å². The van der Waals surface area contributed by atoms with Crippen molar-refractivity contribution >= 4 is 5.91 Å². The zero-order valence-corrected chi connectivity index (χ0v) is 15.5. The van der Waals surface area contributed by atoms with Gasteiger partial charge in [0, 0.05) is 42.6 Å². The molecular formula is C21H18F2N4O2. The number of benzene rings is 1. The zero-order chi connectivity index (χ0) is 20.4. The summed E-state index contributed by atoms with van der Waals surface area (Å²) in [7, 11) is 0. The fourth-order valence-corrected chi connectivity index (χ4v) is 3.42. The molecule has 29 heavy (non-hydrogen) atoms. The molecule has 0 atom stereocenters. The van der Waals surface area contributed by atoms with Gasteiger partial charge in [-0.1, -0.05) is 6.07 Å². The number of aromatic amines is 1. The number of aryl methyl sites for hydroxylation is 1. The molecule has 0 radical (unpaired) electrons. The van der Waals surface area contributed by atoms with Gasteiger partial charge in [0.15, 0.2) is 0 Å². The van der Waals surface area contributed by atoms with E-state index >= 15 is 0 Å². The molecule has 1 N–H and O–H groups in total. The van der Waals surface area contributed by atoms with E-state index in [1.165, 1.54) is 12.1 Å². The molecule has 1 amide bonds. The second kappa shape index (κ2) is 7.90. The monoisotopic (exact) mass is 396 g/mol. The van der Waals surface area contributed by atoms with Crippen LogP contribution in [0.3, 0.4) is 0 Å². The van der Waals surface area contributed by atoms with Crippen LogP contribution >= 0.6 is 0 Å². The van der Waals surface area contributed by atoms with Crippen LogP contribution in [0, 0.1) is 11.6 Å². The maximum absolute atomic E-state index is 13.8. The third-order valence-electron chi connectivity index (χ3n) is 5.00. The van der Waals surface area contributed by atoms with Gasteiger partial charge < -0.3 is 9.88 Å². The number of nitrogens with one attached hydrogen (secondary N) is 1. The zero-order valence-electron chi connectivity index (χ0n) is 15.5. The Morgan fingerprint density at radius 1 is 1.17 bits per heavy atom. The summed E-state index contributed by atoms with van der Waals surface area (Å²) in [6.07, 6.45) is 3.90. The average Bonchev–Trinajstić information content (AvgIpc) is 2.73. The number of H-pyrrole nitrogens is 1. The predicted octanol–water partition coefficient (Wildman–Crippen LogP) is 2.63. The Kier molecular flexibility index (Phi) is 5.16. The minimum Gasteiger partial charge on any atom is -0.336 e. The van der Waals surface area contributed by atoms with E-state index in [0.717, 1.165) is 11.6 Å². The van der Waals surface area contributed by atoms with Crippen molar-refractivity contribution in [1.82, 2.24) is 19.9 Å². The van der Waals surface area contributed by atoms with E-state index in [0.29, 0.717) is 35.6 Å². The second-order valence-electron chi connectivity index (χ2n) is 6.88. The molecular weight excluding hydrogens is 378 g/mol. The maximum atomic E-state index is 13.8. The number of hydrogen-bond acceptors (Lipinski definition) is 4. The number of halogens is 2. The normalized spacial score (nSPS) is 13.2. The Labute approximate surface area is 165 Å². The van der Waals surface area contributed by atoms with Crippen molar-refractivity contribution in [2.24, 2.45) is 0 Å². The first-order chi connectivity index (χ1) is 14.0. The van der Waals surface area contributed by atoms with Crippen molar-refractivity contribution in [3.05, 3.63) is 81.5 Å². The number of nitrogens with zero attached hydrogens (tertiary/aromatic N) is 3. The highest BCUT2D eigenvalue weighted by atomic mass is 19.1. The van der Waals surface area contributed by atoms with Gasteiger partial charge in [-0.05, 0) is 36.6 Å². The van der Waals surface area contributed by atoms with E-state index in [1.54, 1.807) is 29.4 Å². The number of carbonyl (C=O) groups excluding carboxylic acids is 1. The van der Waals surface area contributed by atoms with E-state index < -0.39 is 11.6 Å². The number of fused-ring (bicyclic) bond motifs is 1. The number of hydrogen-bond donors (Lipinski definition) is 1. The van der Waals surface area contributed by atoms with Crippen LogP contribution in [0.15, 0.2) is 47.5 Å². The molecule has 1 aliphatic rings. The Hall–Kier alpha value is -3.42. The summed E-state index contributed by atoms with van der Waals surface area (Å²) in [5, 5.41) is 0. The summed E-state index contributed by atoms with van der Waals surface area (Å²) in [4.78, 5) is 37.9. The van der Waals surface area contributed by atoms with Gasteiger partial charge in [-0.25, -0.2) is 13.8 Å². The number of amides is 1. The first kappa shape index (κ1) is 18.9. The molecule has 3 aromatic rings. The van der Waals surface area contributed by atoms with E-state index in [4.69, 9.17) is 0 Å². The van der Waals surface area contributed by atoms with E-state index in [-0.39, 0.29) is 30.9 Å². The Balaban J connectivity index is 1.49. The van der Waals surface area contributed by atoms with Crippen LogP contribution in [-0.2, 0) is 24.2 Å². The van der Waals surface area contributed by atoms with Gasteiger partial charge >= 0.3 is 0 Å². The molecule has 0 saturated carbocycles. The van der Waals surface area contributed by atoms with Gasteiger partial charge in [0.2, 0.25) is 5.91 Å². The fourth-order valence-electron chi connectivity index (χ4n) is 3.42. The molecule has 8 heteroatoms. The quantitative estimate of drug-likeness (QED) is 0.735. The molecule has 3 heterocycles. The molecule has 0 aliphatic carbocycles. The van der Waals surface area contributed by atoms with Gasteiger partial charge in [0.05, 0.1) is 12.2 Å². The van der Waals surface area contributed by atoms with Gasteiger partial charge in [0.25, 0.3) is 5.56 Å².